The lowest BCUT2D eigenvalue weighted by atomic mass is 10.1. The summed E-state index contributed by atoms with van der Waals surface area (Å²) in [5, 5.41) is 3.48. The van der Waals surface area contributed by atoms with Crippen LogP contribution in [0.5, 0.6) is 5.75 Å². The molecule has 0 saturated heterocycles. The molecule has 3 aromatic rings. The Morgan fingerprint density at radius 1 is 1.12 bits per heavy atom. The first-order valence-electron chi connectivity index (χ1n) is 8.11. The molecule has 0 fully saturated rings. The highest BCUT2D eigenvalue weighted by atomic mass is 19.1. The average Bonchev–Trinajstić information content (AvgIpc) is 2.60. The van der Waals surface area contributed by atoms with E-state index in [-0.39, 0.29) is 24.9 Å². The largest absolute Gasteiger partial charge is 0.484 e. The lowest BCUT2D eigenvalue weighted by Gasteiger charge is -2.09. The zero-order chi connectivity index (χ0) is 18.7. The quantitative estimate of drug-likeness (QED) is 0.714. The summed E-state index contributed by atoms with van der Waals surface area (Å²) in [6.45, 7) is 3.51. The van der Waals surface area contributed by atoms with E-state index in [4.69, 9.17) is 9.15 Å². The van der Waals surface area contributed by atoms with Crippen molar-refractivity contribution in [2.45, 2.75) is 20.4 Å². The highest BCUT2D eigenvalue weighted by Gasteiger charge is 2.07. The van der Waals surface area contributed by atoms with Gasteiger partial charge in [-0.3, -0.25) is 4.79 Å². The molecule has 1 heterocycles. The predicted octanol–water partition coefficient (Wildman–Crippen LogP) is 3.24. The fourth-order valence-corrected chi connectivity index (χ4v) is 2.54. The third-order valence-corrected chi connectivity index (χ3v) is 4.02. The molecular weight excluding hydrogens is 337 g/mol. The number of nitrogens with one attached hydrogen (secondary N) is 1. The van der Waals surface area contributed by atoms with Gasteiger partial charge in [-0.2, -0.15) is 0 Å². The summed E-state index contributed by atoms with van der Waals surface area (Å²) in [6.07, 6.45) is 0. The van der Waals surface area contributed by atoms with Crippen LogP contribution in [0, 0.1) is 19.7 Å². The van der Waals surface area contributed by atoms with Crippen molar-refractivity contribution in [3.63, 3.8) is 0 Å². The fourth-order valence-electron chi connectivity index (χ4n) is 2.54. The molecule has 2 aromatic carbocycles. The minimum Gasteiger partial charge on any atom is -0.484 e. The van der Waals surface area contributed by atoms with Gasteiger partial charge in [0.15, 0.2) is 6.61 Å². The van der Waals surface area contributed by atoms with E-state index < -0.39 is 5.63 Å². The molecule has 0 atom stereocenters. The number of rotatable bonds is 5. The first-order chi connectivity index (χ1) is 12.4. The van der Waals surface area contributed by atoms with Gasteiger partial charge in [-0.1, -0.05) is 12.1 Å². The Kier molecular flexibility index (Phi) is 5.02. The summed E-state index contributed by atoms with van der Waals surface area (Å²) < 4.78 is 24.1. The first-order valence-corrected chi connectivity index (χ1v) is 8.11. The van der Waals surface area contributed by atoms with Gasteiger partial charge in [0, 0.05) is 24.1 Å². The molecule has 0 spiro atoms. The van der Waals surface area contributed by atoms with Gasteiger partial charge in [0.05, 0.1) is 0 Å². The van der Waals surface area contributed by atoms with E-state index in [9.17, 15) is 14.0 Å². The van der Waals surface area contributed by atoms with Crippen molar-refractivity contribution in [3.8, 4) is 5.75 Å². The molecule has 1 amide bonds. The molecule has 6 heteroatoms. The van der Waals surface area contributed by atoms with Crippen LogP contribution >= 0.6 is 0 Å². The fraction of sp³-hybridized carbons (Fsp3) is 0.200. The Morgan fingerprint density at radius 3 is 2.69 bits per heavy atom. The van der Waals surface area contributed by atoms with E-state index in [1.165, 1.54) is 12.1 Å². The number of amides is 1. The van der Waals surface area contributed by atoms with Crippen LogP contribution in [0.2, 0.25) is 0 Å². The summed E-state index contributed by atoms with van der Waals surface area (Å²) in [7, 11) is 0. The number of ether oxygens (including phenoxy) is 1. The number of fused-ring (bicyclic) bond motifs is 1. The van der Waals surface area contributed by atoms with Crippen molar-refractivity contribution >= 4 is 16.9 Å². The van der Waals surface area contributed by atoms with Crippen LogP contribution in [0.3, 0.4) is 0 Å². The molecule has 0 aliphatic heterocycles. The van der Waals surface area contributed by atoms with Crippen molar-refractivity contribution in [1.29, 1.82) is 0 Å². The van der Waals surface area contributed by atoms with E-state index in [1.807, 2.05) is 6.92 Å². The molecule has 0 unspecified atom stereocenters. The molecule has 3 rings (SSSR count). The monoisotopic (exact) mass is 355 g/mol. The smallest absolute Gasteiger partial charge is 0.336 e. The molecule has 0 aliphatic carbocycles. The maximum Gasteiger partial charge on any atom is 0.336 e. The molecule has 0 radical (unpaired) electrons. The normalized spacial score (nSPS) is 10.7. The third kappa shape index (κ3) is 4.08. The molecule has 1 N–H and O–H groups in total. The average molecular weight is 355 g/mol. The summed E-state index contributed by atoms with van der Waals surface area (Å²) in [6, 6.07) is 11.3. The van der Waals surface area contributed by atoms with Gasteiger partial charge >= 0.3 is 5.63 Å². The Labute approximate surface area is 149 Å². The maximum atomic E-state index is 13.5. The number of aryl methyl sites for hydroxylation is 2. The van der Waals surface area contributed by atoms with Crippen LogP contribution in [0.25, 0.3) is 11.0 Å². The Hall–Kier alpha value is -3.15. The molecule has 26 heavy (non-hydrogen) atoms. The van der Waals surface area contributed by atoms with Crippen molar-refractivity contribution < 1.29 is 18.3 Å². The molecule has 0 bridgehead atoms. The minimum absolute atomic E-state index is 0.199. The highest BCUT2D eigenvalue weighted by molar-refractivity contribution is 5.81. The zero-order valence-electron chi connectivity index (χ0n) is 14.5. The van der Waals surface area contributed by atoms with Gasteiger partial charge in [0.1, 0.15) is 17.1 Å². The van der Waals surface area contributed by atoms with E-state index in [1.54, 1.807) is 37.3 Å². The Morgan fingerprint density at radius 2 is 1.92 bits per heavy atom. The summed E-state index contributed by atoms with van der Waals surface area (Å²) in [4.78, 5) is 23.4. The highest BCUT2D eigenvalue weighted by Crippen LogP contribution is 2.22. The summed E-state index contributed by atoms with van der Waals surface area (Å²) in [5.74, 6) is -0.222. The van der Waals surface area contributed by atoms with Crippen LogP contribution < -0.4 is 15.7 Å². The maximum absolute atomic E-state index is 13.5. The Bertz CT molecular complexity index is 1030. The molecule has 5 nitrogen and oxygen atoms in total. The second kappa shape index (κ2) is 7.39. The Balaban J connectivity index is 1.59. The van der Waals surface area contributed by atoms with Gasteiger partial charge in [0.2, 0.25) is 0 Å². The first kappa shape index (κ1) is 17.7. The van der Waals surface area contributed by atoms with Crippen molar-refractivity contribution in [3.05, 3.63) is 75.4 Å². The van der Waals surface area contributed by atoms with Gasteiger partial charge in [-0.25, -0.2) is 9.18 Å². The SMILES string of the molecule is Cc1ccc(CNC(=O)COc2ccc3c(C)cc(=O)oc3c2)cc1F. The van der Waals surface area contributed by atoms with Crippen molar-refractivity contribution in [2.24, 2.45) is 0 Å². The lowest BCUT2D eigenvalue weighted by molar-refractivity contribution is -0.123. The molecule has 0 aliphatic rings. The molecule has 0 saturated carbocycles. The van der Waals surface area contributed by atoms with E-state index in [0.717, 1.165) is 10.9 Å². The summed E-state index contributed by atoms with van der Waals surface area (Å²) in [5.41, 5.74) is 2.01. The van der Waals surface area contributed by atoms with Crippen LogP contribution in [0.4, 0.5) is 4.39 Å². The van der Waals surface area contributed by atoms with Gasteiger partial charge in [0.25, 0.3) is 5.91 Å². The second-order valence-corrected chi connectivity index (χ2v) is 6.06. The zero-order valence-corrected chi connectivity index (χ0v) is 14.5. The minimum atomic E-state index is -0.435. The topological polar surface area (TPSA) is 68.5 Å². The number of carbonyl (C=O) groups excluding carboxylic acids is 1. The number of carbonyl (C=O) groups is 1. The second-order valence-electron chi connectivity index (χ2n) is 6.06. The molecule has 1 aromatic heterocycles. The number of benzene rings is 2. The third-order valence-electron chi connectivity index (χ3n) is 4.02. The van der Waals surface area contributed by atoms with Gasteiger partial charge in [-0.05, 0) is 48.7 Å². The predicted molar refractivity (Wildman–Crippen MR) is 95.7 cm³/mol. The number of hydrogen-bond donors (Lipinski definition) is 1. The van der Waals surface area contributed by atoms with Crippen LogP contribution in [0.1, 0.15) is 16.7 Å². The molecule has 134 valence electrons. The molecular formula is C20H18FNO4. The van der Waals surface area contributed by atoms with Gasteiger partial charge in [-0.15, -0.1) is 0 Å². The van der Waals surface area contributed by atoms with Crippen LogP contribution in [-0.2, 0) is 11.3 Å². The number of halogens is 1. The van der Waals surface area contributed by atoms with Crippen molar-refractivity contribution in [2.75, 3.05) is 6.61 Å². The van der Waals surface area contributed by atoms with E-state index in [0.29, 0.717) is 22.5 Å². The standard InChI is InChI=1S/C20H18FNO4/c1-12-3-4-14(8-17(12)21)10-22-19(23)11-25-15-5-6-16-13(2)7-20(24)26-18(16)9-15/h3-9H,10-11H2,1-2H3,(H,22,23). The van der Waals surface area contributed by atoms with Gasteiger partial charge < -0.3 is 14.5 Å². The summed E-state index contributed by atoms with van der Waals surface area (Å²) >= 11 is 0. The number of hydrogen-bond acceptors (Lipinski definition) is 4. The lowest BCUT2D eigenvalue weighted by Crippen LogP contribution is -2.28. The van der Waals surface area contributed by atoms with Crippen LogP contribution in [0.15, 0.2) is 51.7 Å². The van der Waals surface area contributed by atoms with Crippen LogP contribution in [-0.4, -0.2) is 12.5 Å². The van der Waals surface area contributed by atoms with E-state index >= 15 is 0 Å². The van der Waals surface area contributed by atoms with Crippen molar-refractivity contribution in [1.82, 2.24) is 5.32 Å². The van der Waals surface area contributed by atoms with E-state index in [2.05, 4.69) is 5.32 Å².